The summed E-state index contributed by atoms with van der Waals surface area (Å²) in [6, 6.07) is 8.97. The number of ether oxygens (including phenoxy) is 1. The number of nitrogens with one attached hydrogen (secondary N) is 1. The first-order chi connectivity index (χ1) is 14.6. The minimum atomic E-state index is -1.05. The van der Waals surface area contributed by atoms with E-state index in [4.69, 9.17) is 4.74 Å². The van der Waals surface area contributed by atoms with Gasteiger partial charge in [-0.05, 0) is 36.6 Å². The monoisotopic (exact) mass is 409 g/mol. The van der Waals surface area contributed by atoms with Crippen LogP contribution in [-0.4, -0.2) is 49.4 Å². The molecule has 5 rings (SSSR count). The van der Waals surface area contributed by atoms with E-state index in [1.807, 2.05) is 19.3 Å². The molecule has 156 valence electrons. The third kappa shape index (κ3) is 3.63. The number of aromatic hydroxyl groups is 1. The lowest BCUT2D eigenvalue weighted by Crippen LogP contribution is -2.59. The number of piperidine rings is 2. The molecule has 3 aromatic rings. The molecule has 0 aliphatic carbocycles. The molecule has 2 aliphatic rings. The van der Waals surface area contributed by atoms with Gasteiger partial charge in [0.2, 0.25) is 5.88 Å². The standard InChI is InChI=1S/C22H24FN5O2/c1-28-12-14(11-24-28)13-5-6-16(19(29)9-13)17-7-8-21(27-26-17)30-20-10-15-3-2-4-18(25-15)22(20)23/h5-9,11-12,15,18,20,22,25,29H,2-4,10H2,1H3/t15?,18?,20-,22+/m0/s1. The second-order valence-electron chi connectivity index (χ2n) is 8.13. The Bertz CT molecular complexity index is 1040. The van der Waals surface area contributed by atoms with Crippen LogP contribution in [0.5, 0.6) is 11.6 Å². The van der Waals surface area contributed by atoms with Crippen LogP contribution < -0.4 is 10.1 Å². The number of fused-ring (bicyclic) bond motifs is 2. The maximum absolute atomic E-state index is 14.7. The molecule has 2 unspecified atom stereocenters. The number of halogens is 1. The predicted octanol–water partition coefficient (Wildman–Crippen LogP) is 3.25. The Labute approximate surface area is 173 Å². The van der Waals surface area contributed by atoms with Gasteiger partial charge in [0.1, 0.15) is 11.9 Å². The van der Waals surface area contributed by atoms with Gasteiger partial charge in [-0.3, -0.25) is 4.68 Å². The number of benzene rings is 1. The molecule has 0 spiro atoms. The Hall–Kier alpha value is -3.00. The van der Waals surface area contributed by atoms with Crippen molar-refractivity contribution in [3.63, 3.8) is 0 Å². The first-order valence-corrected chi connectivity index (χ1v) is 10.3. The minimum Gasteiger partial charge on any atom is -0.507 e. The van der Waals surface area contributed by atoms with E-state index in [2.05, 4.69) is 20.6 Å². The molecule has 2 aromatic heterocycles. The van der Waals surface area contributed by atoms with Crippen molar-refractivity contribution < 1.29 is 14.2 Å². The maximum Gasteiger partial charge on any atom is 0.233 e. The quantitative estimate of drug-likeness (QED) is 0.688. The zero-order valence-corrected chi connectivity index (χ0v) is 16.7. The molecule has 0 saturated carbocycles. The Morgan fingerprint density at radius 3 is 2.80 bits per heavy atom. The second kappa shape index (κ2) is 7.68. The summed E-state index contributed by atoms with van der Waals surface area (Å²) < 4.78 is 22.3. The number of nitrogens with zero attached hydrogens (tertiary/aromatic N) is 4. The lowest BCUT2D eigenvalue weighted by atomic mass is 9.84. The molecule has 2 bridgehead atoms. The van der Waals surface area contributed by atoms with Gasteiger partial charge in [0.15, 0.2) is 6.17 Å². The number of rotatable bonds is 4. The summed E-state index contributed by atoms with van der Waals surface area (Å²) in [5, 5.41) is 26.3. The highest BCUT2D eigenvalue weighted by Gasteiger charge is 2.41. The van der Waals surface area contributed by atoms with Crippen LogP contribution in [0.3, 0.4) is 0 Å². The largest absolute Gasteiger partial charge is 0.507 e. The highest BCUT2D eigenvalue weighted by Crippen LogP contribution is 2.33. The molecule has 30 heavy (non-hydrogen) atoms. The summed E-state index contributed by atoms with van der Waals surface area (Å²) in [7, 11) is 1.85. The number of alkyl halides is 1. The smallest absolute Gasteiger partial charge is 0.233 e. The van der Waals surface area contributed by atoms with Gasteiger partial charge < -0.3 is 15.2 Å². The van der Waals surface area contributed by atoms with E-state index in [1.54, 1.807) is 35.1 Å². The summed E-state index contributed by atoms with van der Waals surface area (Å²) >= 11 is 0. The molecule has 4 atom stereocenters. The third-order valence-corrected chi connectivity index (χ3v) is 6.00. The molecular formula is C22H24FN5O2. The maximum atomic E-state index is 14.7. The van der Waals surface area contributed by atoms with Gasteiger partial charge in [-0.25, -0.2) is 4.39 Å². The van der Waals surface area contributed by atoms with Crippen LogP contribution in [0.4, 0.5) is 4.39 Å². The Kier molecular flexibility index (Phi) is 4.86. The van der Waals surface area contributed by atoms with Crippen LogP contribution >= 0.6 is 0 Å². The van der Waals surface area contributed by atoms with Crippen molar-refractivity contribution in [1.82, 2.24) is 25.3 Å². The van der Waals surface area contributed by atoms with Gasteiger partial charge in [0.25, 0.3) is 0 Å². The van der Waals surface area contributed by atoms with Gasteiger partial charge in [-0.1, -0.05) is 12.5 Å². The van der Waals surface area contributed by atoms with E-state index in [-0.39, 0.29) is 11.8 Å². The molecule has 8 heteroatoms. The summed E-state index contributed by atoms with van der Waals surface area (Å²) in [5.41, 5.74) is 2.88. The van der Waals surface area contributed by atoms with Gasteiger partial charge in [-0.2, -0.15) is 5.10 Å². The molecule has 2 saturated heterocycles. The molecule has 4 heterocycles. The van der Waals surface area contributed by atoms with Crippen molar-refractivity contribution in [1.29, 1.82) is 0 Å². The molecular weight excluding hydrogens is 385 g/mol. The number of phenols is 1. The molecule has 7 nitrogen and oxygen atoms in total. The Morgan fingerprint density at radius 1 is 1.17 bits per heavy atom. The average Bonchev–Trinajstić information content (AvgIpc) is 3.19. The van der Waals surface area contributed by atoms with Crippen LogP contribution in [0.15, 0.2) is 42.7 Å². The highest BCUT2D eigenvalue weighted by atomic mass is 19.1. The van der Waals surface area contributed by atoms with E-state index < -0.39 is 12.3 Å². The summed E-state index contributed by atoms with van der Waals surface area (Å²) in [6.07, 6.45) is 5.67. The Balaban J connectivity index is 1.31. The zero-order valence-electron chi connectivity index (χ0n) is 16.7. The first-order valence-electron chi connectivity index (χ1n) is 10.3. The minimum absolute atomic E-state index is 0.106. The fraction of sp³-hybridized carbons (Fsp3) is 0.409. The summed E-state index contributed by atoms with van der Waals surface area (Å²) in [5.74, 6) is 0.409. The fourth-order valence-corrected chi connectivity index (χ4v) is 4.45. The average molecular weight is 409 g/mol. The van der Waals surface area contributed by atoms with Crippen LogP contribution in [-0.2, 0) is 7.05 Å². The van der Waals surface area contributed by atoms with E-state index in [0.717, 1.165) is 30.4 Å². The lowest BCUT2D eigenvalue weighted by Gasteiger charge is -2.42. The molecule has 2 aliphatic heterocycles. The van der Waals surface area contributed by atoms with Crippen LogP contribution in [0, 0.1) is 0 Å². The van der Waals surface area contributed by atoms with Gasteiger partial charge >= 0.3 is 0 Å². The molecule has 2 N–H and O–H groups in total. The van der Waals surface area contributed by atoms with Crippen molar-refractivity contribution >= 4 is 0 Å². The summed E-state index contributed by atoms with van der Waals surface area (Å²) in [4.78, 5) is 0. The van der Waals surface area contributed by atoms with E-state index in [0.29, 0.717) is 29.6 Å². The molecule has 0 radical (unpaired) electrons. The second-order valence-corrected chi connectivity index (χ2v) is 8.13. The third-order valence-electron chi connectivity index (χ3n) is 6.00. The molecule has 0 amide bonds. The number of phenolic OH excluding ortho intramolecular Hbond substituents is 1. The van der Waals surface area contributed by atoms with Gasteiger partial charge in [0, 0.05) is 48.9 Å². The SMILES string of the molecule is Cn1cc(-c2ccc(-c3ccc(O[C@H]4CC5CCCC(N5)[C@H]4F)nn3)c(O)c2)cn1. The number of hydrogen-bond acceptors (Lipinski definition) is 6. The number of hydrogen-bond donors (Lipinski definition) is 2. The topological polar surface area (TPSA) is 85.1 Å². The number of aromatic nitrogens is 4. The van der Waals surface area contributed by atoms with Crippen molar-refractivity contribution in [3.05, 3.63) is 42.7 Å². The normalized spacial score (nSPS) is 25.8. The van der Waals surface area contributed by atoms with Gasteiger partial charge in [0.05, 0.1) is 11.9 Å². The predicted molar refractivity (Wildman–Crippen MR) is 110 cm³/mol. The van der Waals surface area contributed by atoms with E-state index >= 15 is 0 Å². The fourth-order valence-electron chi connectivity index (χ4n) is 4.45. The van der Waals surface area contributed by atoms with Crippen LogP contribution in [0.1, 0.15) is 25.7 Å². The van der Waals surface area contributed by atoms with Crippen LogP contribution in [0.2, 0.25) is 0 Å². The molecule has 2 fully saturated rings. The van der Waals surface area contributed by atoms with Gasteiger partial charge in [-0.15, -0.1) is 10.2 Å². The Morgan fingerprint density at radius 2 is 2.07 bits per heavy atom. The van der Waals surface area contributed by atoms with Crippen molar-refractivity contribution in [2.45, 2.75) is 50.0 Å². The molecule has 1 aromatic carbocycles. The zero-order chi connectivity index (χ0) is 20.7. The van der Waals surface area contributed by atoms with Crippen molar-refractivity contribution in [2.75, 3.05) is 0 Å². The van der Waals surface area contributed by atoms with E-state index in [1.165, 1.54) is 0 Å². The van der Waals surface area contributed by atoms with E-state index in [9.17, 15) is 9.50 Å². The van der Waals surface area contributed by atoms with Crippen molar-refractivity contribution in [3.8, 4) is 34.0 Å². The highest BCUT2D eigenvalue weighted by molar-refractivity contribution is 5.73. The number of aryl methyl sites for hydroxylation is 1. The van der Waals surface area contributed by atoms with Crippen molar-refractivity contribution in [2.24, 2.45) is 7.05 Å². The lowest BCUT2D eigenvalue weighted by molar-refractivity contribution is 0.00652. The van der Waals surface area contributed by atoms with Crippen LogP contribution in [0.25, 0.3) is 22.4 Å². The summed E-state index contributed by atoms with van der Waals surface area (Å²) in [6.45, 7) is 0. The first kappa shape index (κ1) is 19.0.